The molecule has 10 heteroatoms. The first-order valence-electron chi connectivity index (χ1n) is 7.90. The molecule has 0 spiro atoms. The van der Waals surface area contributed by atoms with Crippen LogP contribution in [-0.2, 0) is 14.8 Å². The molecule has 3 aromatic rings. The molecule has 0 saturated carbocycles. The van der Waals surface area contributed by atoms with Crippen LogP contribution in [-0.4, -0.2) is 43.0 Å². The third kappa shape index (κ3) is 4.07. The van der Waals surface area contributed by atoms with Gasteiger partial charge in [0.25, 0.3) is 11.8 Å². The fourth-order valence-corrected chi connectivity index (χ4v) is 3.70. The molecule has 0 amide bonds. The summed E-state index contributed by atoms with van der Waals surface area (Å²) in [6, 6.07) is 9.23. The van der Waals surface area contributed by atoms with Crippen molar-refractivity contribution in [3.8, 4) is 10.8 Å². The van der Waals surface area contributed by atoms with Gasteiger partial charge in [0.15, 0.2) is 6.10 Å². The van der Waals surface area contributed by atoms with E-state index in [1.165, 1.54) is 49.7 Å². The summed E-state index contributed by atoms with van der Waals surface area (Å²) in [6.07, 6.45) is -0.746. The van der Waals surface area contributed by atoms with Gasteiger partial charge in [-0.3, -0.25) is 0 Å². The fraction of sp³-hybridized carbons (Fsp3) is 0.235. The second-order valence-corrected chi connectivity index (χ2v) is 8.88. The maximum Gasteiger partial charge on any atom is 0.338 e. The van der Waals surface area contributed by atoms with E-state index in [9.17, 15) is 13.2 Å². The largest absolute Gasteiger partial charge is 0.449 e. The van der Waals surface area contributed by atoms with Gasteiger partial charge >= 0.3 is 5.97 Å². The molecule has 27 heavy (non-hydrogen) atoms. The molecule has 1 atom stereocenters. The molecule has 0 radical (unpaired) electrons. The van der Waals surface area contributed by atoms with Crippen LogP contribution in [0.2, 0.25) is 0 Å². The number of benzene rings is 1. The summed E-state index contributed by atoms with van der Waals surface area (Å²) in [7, 11) is -0.678. The van der Waals surface area contributed by atoms with Crippen LogP contribution >= 0.6 is 11.3 Å². The monoisotopic (exact) mass is 407 g/mol. The van der Waals surface area contributed by atoms with Crippen molar-refractivity contribution in [2.24, 2.45) is 0 Å². The highest BCUT2D eigenvalue weighted by atomic mass is 32.2. The van der Waals surface area contributed by atoms with E-state index in [1.54, 1.807) is 6.92 Å². The SMILES string of the molecule is C[C@H](OC(=O)c1ccc(S(=O)(=O)N(C)C)cc1)c1nnc(-c2cccs2)o1. The van der Waals surface area contributed by atoms with E-state index in [-0.39, 0.29) is 16.3 Å². The third-order valence-electron chi connectivity index (χ3n) is 3.67. The molecule has 0 N–H and O–H groups in total. The van der Waals surface area contributed by atoms with Gasteiger partial charge < -0.3 is 9.15 Å². The van der Waals surface area contributed by atoms with Crippen LogP contribution in [0.25, 0.3) is 10.8 Å². The highest BCUT2D eigenvalue weighted by Gasteiger charge is 2.21. The second kappa shape index (κ2) is 7.59. The van der Waals surface area contributed by atoms with Crippen molar-refractivity contribution in [3.05, 3.63) is 53.2 Å². The molecule has 3 rings (SSSR count). The number of aromatic nitrogens is 2. The van der Waals surface area contributed by atoms with E-state index in [0.717, 1.165) is 9.18 Å². The summed E-state index contributed by atoms with van der Waals surface area (Å²) < 4.78 is 36.1. The Morgan fingerprint density at radius 1 is 1.19 bits per heavy atom. The van der Waals surface area contributed by atoms with Crippen molar-refractivity contribution >= 4 is 27.3 Å². The average molecular weight is 407 g/mol. The topological polar surface area (TPSA) is 103 Å². The lowest BCUT2D eigenvalue weighted by molar-refractivity contribution is 0.0280. The minimum Gasteiger partial charge on any atom is -0.449 e. The number of hydrogen-bond acceptors (Lipinski definition) is 8. The predicted octanol–water partition coefficient (Wildman–Crippen LogP) is 2.97. The number of sulfonamides is 1. The summed E-state index contributed by atoms with van der Waals surface area (Å²) in [6.45, 7) is 1.62. The molecule has 0 aliphatic heterocycles. The van der Waals surface area contributed by atoms with Crippen LogP contribution in [0.3, 0.4) is 0 Å². The van der Waals surface area contributed by atoms with E-state index in [1.807, 2.05) is 17.5 Å². The Balaban J connectivity index is 1.70. The normalized spacial score (nSPS) is 12.9. The summed E-state index contributed by atoms with van der Waals surface area (Å²) in [5.41, 5.74) is 0.220. The van der Waals surface area contributed by atoms with Gasteiger partial charge in [-0.25, -0.2) is 17.5 Å². The zero-order valence-corrected chi connectivity index (χ0v) is 16.5. The maximum absolute atomic E-state index is 12.3. The van der Waals surface area contributed by atoms with E-state index in [2.05, 4.69) is 10.2 Å². The van der Waals surface area contributed by atoms with Crippen molar-refractivity contribution in [1.29, 1.82) is 0 Å². The predicted molar refractivity (Wildman–Crippen MR) is 98.8 cm³/mol. The first-order valence-corrected chi connectivity index (χ1v) is 10.2. The smallest absolute Gasteiger partial charge is 0.338 e. The first-order chi connectivity index (χ1) is 12.8. The Labute approximate surface area is 160 Å². The van der Waals surface area contributed by atoms with Crippen molar-refractivity contribution in [3.63, 3.8) is 0 Å². The molecule has 2 aromatic heterocycles. The zero-order chi connectivity index (χ0) is 19.6. The molecule has 8 nitrogen and oxygen atoms in total. The summed E-state index contributed by atoms with van der Waals surface area (Å²) >= 11 is 1.46. The van der Waals surface area contributed by atoms with Crippen molar-refractivity contribution < 1.29 is 22.4 Å². The molecule has 0 saturated heterocycles. The van der Waals surface area contributed by atoms with Crippen LogP contribution in [0.15, 0.2) is 51.1 Å². The van der Waals surface area contributed by atoms with Crippen molar-refractivity contribution in [2.45, 2.75) is 17.9 Å². The molecule has 0 bridgehead atoms. The van der Waals surface area contributed by atoms with Gasteiger partial charge in [0.2, 0.25) is 10.0 Å². The Morgan fingerprint density at radius 3 is 2.48 bits per heavy atom. The van der Waals surface area contributed by atoms with Gasteiger partial charge in [-0.1, -0.05) is 6.07 Å². The minimum atomic E-state index is -3.56. The highest BCUT2D eigenvalue weighted by molar-refractivity contribution is 7.89. The first kappa shape index (κ1) is 19.2. The fourth-order valence-electron chi connectivity index (χ4n) is 2.15. The van der Waals surface area contributed by atoms with Crippen LogP contribution in [0.4, 0.5) is 0 Å². The molecule has 0 aliphatic rings. The Bertz CT molecular complexity index is 1020. The van der Waals surface area contributed by atoms with Gasteiger partial charge in [-0.2, -0.15) is 0 Å². The minimum absolute atomic E-state index is 0.0922. The second-order valence-electron chi connectivity index (χ2n) is 5.78. The van der Waals surface area contributed by atoms with Gasteiger partial charge in [-0.05, 0) is 42.6 Å². The van der Waals surface area contributed by atoms with E-state index >= 15 is 0 Å². The van der Waals surface area contributed by atoms with Crippen LogP contribution in [0.1, 0.15) is 29.3 Å². The number of carbonyl (C=O) groups is 1. The molecule has 0 aliphatic carbocycles. The summed E-state index contributed by atoms with van der Waals surface area (Å²) in [5, 5.41) is 9.75. The molecule has 2 heterocycles. The van der Waals surface area contributed by atoms with Crippen molar-refractivity contribution in [2.75, 3.05) is 14.1 Å². The standard InChI is InChI=1S/C17H17N3O5S2/c1-11(15-18-19-16(25-15)14-5-4-10-26-14)24-17(21)12-6-8-13(9-7-12)27(22,23)20(2)3/h4-11H,1-3H3/t11-/m0/s1. The van der Waals surface area contributed by atoms with Crippen LogP contribution < -0.4 is 0 Å². The number of ether oxygens (including phenoxy) is 1. The quantitative estimate of drug-likeness (QED) is 0.579. The Morgan fingerprint density at radius 2 is 1.89 bits per heavy atom. The molecular formula is C17H17N3O5S2. The summed E-state index contributed by atoms with van der Waals surface area (Å²) in [5.74, 6) is -0.0770. The summed E-state index contributed by atoms with van der Waals surface area (Å²) in [4.78, 5) is 13.2. The van der Waals surface area contributed by atoms with Gasteiger partial charge in [0.05, 0.1) is 15.3 Å². The lowest BCUT2D eigenvalue weighted by Gasteiger charge is -2.12. The van der Waals surface area contributed by atoms with Gasteiger partial charge in [0.1, 0.15) is 0 Å². The third-order valence-corrected chi connectivity index (χ3v) is 6.36. The molecule has 142 valence electrons. The number of hydrogen-bond donors (Lipinski definition) is 0. The van der Waals surface area contributed by atoms with E-state index < -0.39 is 22.1 Å². The molecule has 1 aromatic carbocycles. The van der Waals surface area contributed by atoms with Gasteiger partial charge in [-0.15, -0.1) is 21.5 Å². The van der Waals surface area contributed by atoms with E-state index in [4.69, 9.17) is 9.15 Å². The number of thiophene rings is 1. The Hall–Kier alpha value is -2.56. The number of carbonyl (C=O) groups excluding carboxylic acids is 1. The molecular weight excluding hydrogens is 390 g/mol. The number of nitrogens with zero attached hydrogens (tertiary/aromatic N) is 3. The van der Waals surface area contributed by atoms with Crippen LogP contribution in [0, 0.1) is 0 Å². The molecule has 0 fully saturated rings. The van der Waals surface area contributed by atoms with E-state index in [0.29, 0.717) is 5.89 Å². The zero-order valence-electron chi connectivity index (χ0n) is 14.8. The molecule has 0 unspecified atom stereocenters. The lowest BCUT2D eigenvalue weighted by atomic mass is 10.2. The Kier molecular flexibility index (Phi) is 5.40. The average Bonchev–Trinajstić information content (AvgIpc) is 3.33. The maximum atomic E-state index is 12.3. The number of esters is 1. The van der Waals surface area contributed by atoms with Crippen molar-refractivity contribution in [1.82, 2.24) is 14.5 Å². The highest BCUT2D eigenvalue weighted by Crippen LogP contribution is 2.26. The van der Waals surface area contributed by atoms with Crippen LogP contribution in [0.5, 0.6) is 0 Å². The van der Waals surface area contributed by atoms with Gasteiger partial charge in [0, 0.05) is 14.1 Å². The number of rotatable bonds is 6. The lowest BCUT2D eigenvalue weighted by Crippen LogP contribution is -2.22.